The summed E-state index contributed by atoms with van der Waals surface area (Å²) in [7, 11) is 0. The second-order valence-electron chi connectivity index (χ2n) is 4.50. The first-order valence-corrected chi connectivity index (χ1v) is 8.03. The van der Waals surface area contributed by atoms with Gasteiger partial charge in [-0.25, -0.2) is 9.97 Å². The largest absolute Gasteiger partial charge is 0.345 e. The molecule has 0 bridgehead atoms. The number of thiazole rings is 1. The zero-order valence-corrected chi connectivity index (χ0v) is 12.4. The van der Waals surface area contributed by atoms with Gasteiger partial charge in [-0.1, -0.05) is 6.07 Å². The summed E-state index contributed by atoms with van der Waals surface area (Å²) in [4.78, 5) is 22.8. The second-order valence-corrected chi connectivity index (χ2v) is 6.51. The minimum absolute atomic E-state index is 0.118. The molecule has 4 rings (SSSR count). The van der Waals surface area contributed by atoms with E-state index >= 15 is 0 Å². The summed E-state index contributed by atoms with van der Waals surface area (Å²) in [6.45, 7) is 0. The van der Waals surface area contributed by atoms with Crippen molar-refractivity contribution in [3.63, 3.8) is 0 Å². The van der Waals surface area contributed by atoms with Crippen LogP contribution in [-0.4, -0.2) is 15.9 Å². The summed E-state index contributed by atoms with van der Waals surface area (Å²) in [5.74, 6) is 0.491. The molecule has 1 unspecified atom stereocenters. The molecule has 0 fully saturated rings. The summed E-state index contributed by atoms with van der Waals surface area (Å²) < 4.78 is 0. The van der Waals surface area contributed by atoms with Gasteiger partial charge in [-0.15, -0.1) is 22.7 Å². The van der Waals surface area contributed by atoms with Gasteiger partial charge in [-0.05, 0) is 23.6 Å². The lowest BCUT2D eigenvalue weighted by Crippen LogP contribution is -2.38. The van der Waals surface area contributed by atoms with Gasteiger partial charge in [-0.3, -0.25) is 4.79 Å². The minimum Gasteiger partial charge on any atom is -0.345 e. The summed E-state index contributed by atoms with van der Waals surface area (Å²) >= 11 is 3.22. The smallest absolute Gasteiger partial charge is 0.256 e. The molecule has 1 aliphatic rings. The van der Waals surface area contributed by atoms with Crippen LogP contribution in [0.2, 0.25) is 0 Å². The third kappa shape index (κ3) is 2.20. The van der Waals surface area contributed by atoms with Crippen molar-refractivity contribution in [1.29, 1.82) is 0 Å². The van der Waals surface area contributed by atoms with Gasteiger partial charge in [0.25, 0.3) is 5.91 Å². The molecular weight excluding hydrogens is 304 g/mol. The van der Waals surface area contributed by atoms with E-state index in [0.717, 1.165) is 14.8 Å². The van der Waals surface area contributed by atoms with Crippen LogP contribution in [0.1, 0.15) is 21.4 Å². The van der Waals surface area contributed by atoms with Crippen LogP contribution in [0, 0.1) is 0 Å². The van der Waals surface area contributed by atoms with E-state index in [1.54, 1.807) is 47.2 Å². The summed E-state index contributed by atoms with van der Waals surface area (Å²) in [6.07, 6.45) is 3.18. The Morgan fingerprint density at radius 2 is 2.10 bits per heavy atom. The van der Waals surface area contributed by atoms with E-state index < -0.39 is 0 Å². The third-order valence-electron chi connectivity index (χ3n) is 3.15. The average molecular weight is 314 g/mol. The average Bonchev–Trinajstić information content (AvgIpc) is 3.18. The van der Waals surface area contributed by atoms with Gasteiger partial charge in [0.15, 0.2) is 0 Å². The topological polar surface area (TPSA) is 66.9 Å². The number of hydrogen-bond acceptors (Lipinski definition) is 6. The van der Waals surface area contributed by atoms with Gasteiger partial charge in [0.05, 0.1) is 15.3 Å². The van der Waals surface area contributed by atoms with E-state index in [-0.39, 0.29) is 12.1 Å². The van der Waals surface area contributed by atoms with Gasteiger partial charge in [0.2, 0.25) is 0 Å². The van der Waals surface area contributed by atoms with Crippen molar-refractivity contribution >= 4 is 34.4 Å². The van der Waals surface area contributed by atoms with Crippen molar-refractivity contribution in [2.75, 3.05) is 5.32 Å². The molecule has 4 heterocycles. The molecule has 104 valence electrons. The maximum absolute atomic E-state index is 12.1. The lowest BCUT2D eigenvalue weighted by atomic mass is 10.2. The molecule has 1 aliphatic heterocycles. The number of fused-ring (bicyclic) bond motifs is 1. The Morgan fingerprint density at radius 3 is 2.95 bits per heavy atom. The number of carbonyl (C=O) groups is 1. The van der Waals surface area contributed by atoms with Gasteiger partial charge in [0, 0.05) is 12.4 Å². The summed E-state index contributed by atoms with van der Waals surface area (Å²) in [5, 5.41) is 9.15. The number of carbonyl (C=O) groups excluding carboxylic acids is 1. The first-order chi connectivity index (χ1) is 10.3. The number of hydrogen-bond donors (Lipinski definition) is 2. The highest BCUT2D eigenvalue weighted by molar-refractivity contribution is 7.21. The quantitative estimate of drug-likeness (QED) is 0.762. The number of anilines is 1. The van der Waals surface area contributed by atoms with Crippen molar-refractivity contribution in [3.8, 4) is 9.88 Å². The molecule has 0 aliphatic carbocycles. The molecule has 1 atom stereocenters. The molecule has 0 aromatic carbocycles. The van der Waals surface area contributed by atoms with Crippen LogP contribution in [0.3, 0.4) is 0 Å². The standard InChI is InChI=1S/C14H10N4OS2/c19-13-8-3-1-5-15-11(8)17-12(18-13)10-7-16-14(21-10)9-4-2-6-20-9/h1-7,12H,(H,15,17)(H,18,19). The number of aromatic nitrogens is 2. The van der Waals surface area contributed by atoms with Crippen molar-refractivity contribution < 1.29 is 4.79 Å². The molecule has 0 saturated heterocycles. The van der Waals surface area contributed by atoms with E-state index in [1.807, 2.05) is 17.5 Å². The van der Waals surface area contributed by atoms with E-state index in [9.17, 15) is 4.79 Å². The fraction of sp³-hybridized carbons (Fsp3) is 0.0714. The lowest BCUT2D eigenvalue weighted by molar-refractivity contribution is 0.0935. The van der Waals surface area contributed by atoms with Crippen LogP contribution in [0.15, 0.2) is 42.0 Å². The third-order valence-corrected chi connectivity index (χ3v) is 5.25. The zero-order valence-electron chi connectivity index (χ0n) is 10.7. The minimum atomic E-state index is -0.286. The van der Waals surface area contributed by atoms with Crippen LogP contribution in [-0.2, 0) is 0 Å². The Bertz CT molecular complexity index is 797. The highest BCUT2D eigenvalue weighted by Crippen LogP contribution is 2.33. The molecule has 7 heteroatoms. The van der Waals surface area contributed by atoms with Crippen molar-refractivity contribution in [2.45, 2.75) is 6.17 Å². The van der Waals surface area contributed by atoms with Crippen LogP contribution in [0.4, 0.5) is 5.82 Å². The summed E-state index contributed by atoms with van der Waals surface area (Å²) in [5.41, 5.74) is 0.566. The van der Waals surface area contributed by atoms with Crippen LogP contribution in [0.25, 0.3) is 9.88 Å². The number of nitrogens with zero attached hydrogens (tertiary/aromatic N) is 2. The van der Waals surface area contributed by atoms with Crippen LogP contribution in [0.5, 0.6) is 0 Å². The normalized spacial score (nSPS) is 17.0. The molecule has 3 aromatic heterocycles. The highest BCUT2D eigenvalue weighted by Gasteiger charge is 2.26. The van der Waals surface area contributed by atoms with E-state index in [1.165, 1.54) is 0 Å². The van der Waals surface area contributed by atoms with E-state index in [0.29, 0.717) is 11.4 Å². The zero-order chi connectivity index (χ0) is 14.2. The van der Waals surface area contributed by atoms with Crippen molar-refractivity contribution in [3.05, 3.63) is 52.5 Å². The Balaban J connectivity index is 1.65. The monoisotopic (exact) mass is 314 g/mol. The maximum Gasteiger partial charge on any atom is 0.256 e. The molecule has 0 radical (unpaired) electrons. The molecular formula is C14H10N4OS2. The van der Waals surface area contributed by atoms with Crippen LogP contribution < -0.4 is 10.6 Å². The predicted molar refractivity (Wildman–Crippen MR) is 83.5 cm³/mol. The first-order valence-electron chi connectivity index (χ1n) is 6.33. The Morgan fingerprint density at radius 1 is 1.14 bits per heavy atom. The lowest BCUT2D eigenvalue weighted by Gasteiger charge is -2.25. The molecule has 3 aromatic rings. The molecule has 0 saturated carbocycles. The van der Waals surface area contributed by atoms with Gasteiger partial charge < -0.3 is 10.6 Å². The Hall–Kier alpha value is -2.25. The van der Waals surface area contributed by atoms with Gasteiger partial charge >= 0.3 is 0 Å². The fourth-order valence-electron chi connectivity index (χ4n) is 2.16. The number of thiophene rings is 1. The van der Waals surface area contributed by atoms with Crippen molar-refractivity contribution in [2.24, 2.45) is 0 Å². The van der Waals surface area contributed by atoms with Gasteiger partial charge in [-0.2, -0.15) is 0 Å². The molecule has 1 amide bonds. The fourth-order valence-corrected chi connectivity index (χ4v) is 3.88. The second kappa shape index (κ2) is 4.94. The number of rotatable bonds is 2. The van der Waals surface area contributed by atoms with Crippen LogP contribution >= 0.6 is 22.7 Å². The maximum atomic E-state index is 12.1. The van der Waals surface area contributed by atoms with Crippen molar-refractivity contribution in [1.82, 2.24) is 15.3 Å². The number of pyridine rings is 1. The Labute approximate surface area is 128 Å². The molecule has 2 N–H and O–H groups in total. The highest BCUT2D eigenvalue weighted by atomic mass is 32.1. The summed E-state index contributed by atoms with van der Waals surface area (Å²) in [6, 6.07) is 7.55. The SMILES string of the molecule is O=C1NC(c2cnc(-c3cccs3)s2)Nc2ncccc21. The van der Waals surface area contributed by atoms with E-state index in [4.69, 9.17) is 0 Å². The predicted octanol–water partition coefficient (Wildman–Crippen LogP) is 3.12. The molecule has 21 heavy (non-hydrogen) atoms. The molecule has 0 spiro atoms. The molecule has 5 nitrogen and oxygen atoms in total. The van der Waals surface area contributed by atoms with Gasteiger partial charge in [0.1, 0.15) is 17.0 Å². The first kappa shape index (κ1) is 12.5. The Kier molecular flexibility index (Phi) is 2.94. The van der Waals surface area contributed by atoms with E-state index in [2.05, 4.69) is 20.6 Å². The number of nitrogens with one attached hydrogen (secondary N) is 2. The number of amides is 1.